The molecule has 0 amide bonds. The average molecular weight is 233 g/mol. The van der Waals surface area contributed by atoms with E-state index < -0.39 is 5.92 Å². The van der Waals surface area contributed by atoms with E-state index in [-0.39, 0.29) is 13.0 Å². The maximum absolute atomic E-state index is 13.0. The molecular weight excluding hydrogens is 222 g/mol. The lowest BCUT2D eigenvalue weighted by molar-refractivity contribution is 0.0257. The van der Waals surface area contributed by atoms with Crippen molar-refractivity contribution >= 4 is 23.0 Å². The molecule has 2 rings (SSSR count). The van der Waals surface area contributed by atoms with Crippen LogP contribution in [0.5, 0.6) is 0 Å². The minimum Gasteiger partial charge on any atom is -0.399 e. The Balaban J connectivity index is 2.24. The number of rotatable bonds is 1. The Bertz CT molecular complexity index is 382. The predicted molar refractivity (Wildman–Crippen MR) is 57.6 cm³/mol. The van der Waals surface area contributed by atoms with E-state index >= 15 is 0 Å². The summed E-state index contributed by atoms with van der Waals surface area (Å²) in [7, 11) is 0. The summed E-state index contributed by atoms with van der Waals surface area (Å²) in [6.45, 7) is 0.0628. The number of benzene rings is 1. The summed E-state index contributed by atoms with van der Waals surface area (Å²) in [5.41, 5.74) is 6.69. The van der Waals surface area contributed by atoms with Crippen LogP contribution in [-0.4, -0.2) is 19.0 Å². The van der Waals surface area contributed by atoms with Crippen molar-refractivity contribution in [2.75, 3.05) is 23.7 Å². The summed E-state index contributed by atoms with van der Waals surface area (Å²) in [5, 5.41) is 0.424. The fourth-order valence-electron chi connectivity index (χ4n) is 1.72. The Morgan fingerprint density at radius 2 is 2.13 bits per heavy atom. The van der Waals surface area contributed by atoms with Crippen LogP contribution < -0.4 is 10.6 Å². The second kappa shape index (κ2) is 3.52. The predicted octanol–water partition coefficient (Wildman–Crippen LogP) is 2.77. The van der Waals surface area contributed by atoms with Gasteiger partial charge >= 0.3 is 0 Å². The Morgan fingerprint density at radius 3 is 2.67 bits per heavy atom. The first kappa shape index (κ1) is 10.5. The van der Waals surface area contributed by atoms with Crippen LogP contribution in [0.1, 0.15) is 6.42 Å². The first-order valence-electron chi connectivity index (χ1n) is 4.66. The zero-order valence-corrected chi connectivity index (χ0v) is 8.77. The van der Waals surface area contributed by atoms with Gasteiger partial charge in [0.1, 0.15) is 0 Å². The normalized spacial score (nSPS) is 19.5. The first-order valence-corrected chi connectivity index (χ1v) is 5.03. The minimum absolute atomic E-state index is 0.117. The van der Waals surface area contributed by atoms with Crippen molar-refractivity contribution in [1.82, 2.24) is 0 Å². The van der Waals surface area contributed by atoms with Crippen LogP contribution >= 0.6 is 11.6 Å². The third-order valence-electron chi connectivity index (χ3n) is 2.48. The summed E-state index contributed by atoms with van der Waals surface area (Å²) in [6, 6.07) is 4.92. The Hall–Kier alpha value is -1.03. The van der Waals surface area contributed by atoms with Crippen LogP contribution in [0, 0.1) is 0 Å². The summed E-state index contributed by atoms with van der Waals surface area (Å²) >= 11 is 5.94. The molecule has 1 heterocycles. The molecular formula is C10H11ClF2N2. The molecule has 2 nitrogen and oxygen atoms in total. The smallest absolute Gasteiger partial charge is 0.266 e. The van der Waals surface area contributed by atoms with Gasteiger partial charge in [0.2, 0.25) is 0 Å². The van der Waals surface area contributed by atoms with Gasteiger partial charge in [0.15, 0.2) is 0 Å². The van der Waals surface area contributed by atoms with E-state index in [2.05, 4.69) is 0 Å². The molecule has 0 aromatic heterocycles. The minimum atomic E-state index is -2.61. The van der Waals surface area contributed by atoms with Gasteiger partial charge in [0.25, 0.3) is 5.92 Å². The van der Waals surface area contributed by atoms with Crippen molar-refractivity contribution in [2.24, 2.45) is 0 Å². The third-order valence-corrected chi connectivity index (χ3v) is 2.78. The number of nitrogen functional groups attached to an aromatic ring is 1. The molecule has 0 spiro atoms. The van der Waals surface area contributed by atoms with Crippen LogP contribution in [0.2, 0.25) is 5.02 Å². The molecule has 1 aliphatic rings. The molecule has 0 aliphatic carbocycles. The topological polar surface area (TPSA) is 29.3 Å². The molecule has 0 saturated carbocycles. The molecule has 15 heavy (non-hydrogen) atoms. The van der Waals surface area contributed by atoms with Gasteiger partial charge in [-0.25, -0.2) is 8.78 Å². The molecule has 0 bridgehead atoms. The average Bonchev–Trinajstić information content (AvgIpc) is 2.46. The van der Waals surface area contributed by atoms with Crippen molar-refractivity contribution in [3.8, 4) is 0 Å². The standard InChI is InChI=1S/C10H11ClF2N2/c11-8-5-7(14)1-2-9(8)15-4-3-10(12,13)6-15/h1-2,5H,3-4,6,14H2. The number of halogens is 3. The van der Waals surface area contributed by atoms with Crippen molar-refractivity contribution in [3.63, 3.8) is 0 Å². The molecule has 1 fully saturated rings. The van der Waals surface area contributed by atoms with E-state index in [1.165, 1.54) is 0 Å². The molecule has 2 N–H and O–H groups in total. The Morgan fingerprint density at radius 1 is 1.40 bits per heavy atom. The van der Waals surface area contributed by atoms with Crippen molar-refractivity contribution < 1.29 is 8.78 Å². The van der Waals surface area contributed by atoms with Gasteiger partial charge in [-0.3, -0.25) is 0 Å². The van der Waals surface area contributed by atoms with E-state index in [0.717, 1.165) is 0 Å². The van der Waals surface area contributed by atoms with E-state index in [1.807, 2.05) is 0 Å². The van der Waals surface area contributed by atoms with Crippen LogP contribution in [0.25, 0.3) is 0 Å². The number of alkyl halides is 2. The lowest BCUT2D eigenvalue weighted by Crippen LogP contribution is -2.25. The Kier molecular flexibility index (Phi) is 2.46. The summed E-state index contributed by atoms with van der Waals surface area (Å²) in [6.07, 6.45) is -0.117. The van der Waals surface area contributed by atoms with Crippen molar-refractivity contribution in [2.45, 2.75) is 12.3 Å². The fourth-order valence-corrected chi connectivity index (χ4v) is 2.03. The summed E-state index contributed by atoms with van der Waals surface area (Å²) in [4.78, 5) is 1.59. The first-order chi connectivity index (χ1) is 6.98. The van der Waals surface area contributed by atoms with Gasteiger partial charge in [-0.15, -0.1) is 0 Å². The van der Waals surface area contributed by atoms with Crippen molar-refractivity contribution in [1.29, 1.82) is 0 Å². The molecule has 1 aromatic rings. The largest absolute Gasteiger partial charge is 0.399 e. The zero-order valence-electron chi connectivity index (χ0n) is 8.01. The Labute approximate surface area is 91.6 Å². The quantitative estimate of drug-likeness (QED) is 0.755. The molecule has 82 valence electrons. The van der Waals surface area contributed by atoms with Gasteiger partial charge in [-0.05, 0) is 18.2 Å². The van der Waals surface area contributed by atoms with Crippen LogP contribution in [0.4, 0.5) is 20.2 Å². The molecule has 0 atom stereocenters. The molecule has 1 aliphatic heterocycles. The summed E-state index contributed by atoms with van der Waals surface area (Å²) < 4.78 is 26.0. The number of hydrogen-bond donors (Lipinski definition) is 1. The number of anilines is 2. The van der Waals surface area contributed by atoms with E-state index in [4.69, 9.17) is 17.3 Å². The highest BCUT2D eigenvalue weighted by Gasteiger charge is 2.38. The number of nitrogens with zero attached hydrogens (tertiary/aromatic N) is 1. The van der Waals surface area contributed by atoms with Crippen LogP contribution in [0.15, 0.2) is 18.2 Å². The fraction of sp³-hybridized carbons (Fsp3) is 0.400. The van der Waals surface area contributed by atoms with E-state index in [9.17, 15) is 8.78 Å². The van der Waals surface area contributed by atoms with Crippen LogP contribution in [-0.2, 0) is 0 Å². The lowest BCUT2D eigenvalue weighted by Gasteiger charge is -2.19. The van der Waals surface area contributed by atoms with Gasteiger partial charge in [-0.2, -0.15) is 0 Å². The lowest BCUT2D eigenvalue weighted by atomic mass is 10.2. The highest BCUT2D eigenvalue weighted by atomic mass is 35.5. The SMILES string of the molecule is Nc1ccc(N2CCC(F)(F)C2)c(Cl)c1. The van der Waals surface area contributed by atoms with Gasteiger partial charge in [0.05, 0.1) is 17.3 Å². The second-order valence-electron chi connectivity index (χ2n) is 3.74. The molecule has 5 heteroatoms. The van der Waals surface area contributed by atoms with Crippen LogP contribution in [0.3, 0.4) is 0 Å². The molecule has 1 aromatic carbocycles. The highest BCUT2D eigenvalue weighted by Crippen LogP contribution is 2.35. The van der Waals surface area contributed by atoms with Gasteiger partial charge in [-0.1, -0.05) is 11.6 Å². The van der Waals surface area contributed by atoms with Gasteiger partial charge < -0.3 is 10.6 Å². The maximum atomic E-state index is 13.0. The zero-order chi connectivity index (χ0) is 11.1. The second-order valence-corrected chi connectivity index (χ2v) is 4.15. The monoisotopic (exact) mass is 232 g/mol. The number of hydrogen-bond acceptors (Lipinski definition) is 2. The van der Waals surface area contributed by atoms with Crippen molar-refractivity contribution in [3.05, 3.63) is 23.2 Å². The molecule has 1 saturated heterocycles. The number of nitrogens with two attached hydrogens (primary N) is 1. The van der Waals surface area contributed by atoms with E-state index in [1.54, 1.807) is 23.1 Å². The third kappa shape index (κ3) is 2.15. The maximum Gasteiger partial charge on any atom is 0.266 e. The summed E-state index contributed by atoms with van der Waals surface area (Å²) in [5.74, 6) is -2.61. The van der Waals surface area contributed by atoms with Gasteiger partial charge in [0, 0.05) is 18.7 Å². The molecule has 0 radical (unpaired) electrons. The van der Waals surface area contributed by atoms with E-state index in [0.29, 0.717) is 22.9 Å². The highest BCUT2D eigenvalue weighted by molar-refractivity contribution is 6.33. The molecule has 0 unspecified atom stereocenters.